The van der Waals surface area contributed by atoms with E-state index in [-0.39, 0.29) is 11.9 Å². The van der Waals surface area contributed by atoms with Gasteiger partial charge in [0.05, 0.1) is 11.9 Å². The minimum atomic E-state index is -3.47. The predicted molar refractivity (Wildman–Crippen MR) is 97.0 cm³/mol. The maximum absolute atomic E-state index is 12.2. The predicted octanol–water partition coefficient (Wildman–Crippen LogP) is 4.60. The van der Waals surface area contributed by atoms with Crippen LogP contribution in [0.25, 0.3) is 0 Å². The van der Waals surface area contributed by atoms with Gasteiger partial charge in [-0.2, -0.15) is 0 Å². The standard InChI is InChI=1S/C18H20ClNO3S/c19-15-7-5-14(6-8-15)13-24(21,22)20-16-9-11-18(12-10-16)23-17-3-1-2-4-17/h5-12,17,20H,1-4,13H2. The summed E-state index contributed by atoms with van der Waals surface area (Å²) in [7, 11) is -3.47. The second kappa shape index (κ2) is 7.45. The molecule has 2 aromatic rings. The van der Waals surface area contributed by atoms with E-state index in [2.05, 4.69) is 4.72 Å². The van der Waals surface area contributed by atoms with Crippen molar-refractivity contribution in [2.45, 2.75) is 37.5 Å². The molecule has 3 rings (SSSR count). The van der Waals surface area contributed by atoms with Crippen LogP contribution in [0.1, 0.15) is 31.2 Å². The third-order valence-corrected chi connectivity index (χ3v) is 5.51. The van der Waals surface area contributed by atoms with Crippen molar-refractivity contribution in [3.05, 3.63) is 59.1 Å². The van der Waals surface area contributed by atoms with Crippen molar-refractivity contribution in [3.8, 4) is 5.75 Å². The lowest BCUT2D eigenvalue weighted by Crippen LogP contribution is -2.15. The molecule has 0 spiro atoms. The molecular formula is C18H20ClNO3S. The zero-order chi connectivity index (χ0) is 17.0. The molecule has 0 amide bonds. The van der Waals surface area contributed by atoms with Crippen molar-refractivity contribution >= 4 is 27.3 Å². The molecule has 0 unspecified atom stereocenters. The maximum atomic E-state index is 12.2. The molecule has 1 saturated carbocycles. The van der Waals surface area contributed by atoms with Gasteiger partial charge in [0.1, 0.15) is 5.75 Å². The fourth-order valence-corrected chi connectivity index (χ4v) is 4.14. The Labute approximate surface area is 147 Å². The molecule has 0 aromatic heterocycles. The smallest absolute Gasteiger partial charge is 0.236 e. The zero-order valence-corrected chi connectivity index (χ0v) is 14.8. The Hall–Kier alpha value is -1.72. The Morgan fingerprint density at radius 3 is 2.25 bits per heavy atom. The molecule has 128 valence electrons. The van der Waals surface area contributed by atoms with Crippen LogP contribution in [0.5, 0.6) is 5.75 Å². The van der Waals surface area contributed by atoms with Crippen molar-refractivity contribution in [3.63, 3.8) is 0 Å². The summed E-state index contributed by atoms with van der Waals surface area (Å²) in [6.07, 6.45) is 4.91. The largest absolute Gasteiger partial charge is 0.490 e. The Morgan fingerprint density at radius 1 is 1.00 bits per heavy atom. The molecule has 1 N–H and O–H groups in total. The Balaban J connectivity index is 1.60. The van der Waals surface area contributed by atoms with Gasteiger partial charge in [-0.3, -0.25) is 4.72 Å². The lowest BCUT2D eigenvalue weighted by molar-refractivity contribution is 0.210. The van der Waals surface area contributed by atoms with E-state index in [1.54, 1.807) is 48.5 Å². The summed E-state index contributed by atoms with van der Waals surface area (Å²) >= 11 is 5.81. The molecule has 0 aliphatic heterocycles. The van der Waals surface area contributed by atoms with Gasteiger partial charge in [0.15, 0.2) is 0 Å². The summed E-state index contributed by atoms with van der Waals surface area (Å²) in [5, 5.41) is 0.585. The van der Waals surface area contributed by atoms with Gasteiger partial charge in [0.2, 0.25) is 10.0 Å². The average molecular weight is 366 g/mol. The molecule has 0 radical (unpaired) electrons. The van der Waals surface area contributed by atoms with Crippen LogP contribution >= 0.6 is 11.6 Å². The first-order valence-corrected chi connectivity index (χ1v) is 10.0. The first kappa shape index (κ1) is 17.1. The lowest BCUT2D eigenvalue weighted by Gasteiger charge is -2.14. The number of hydrogen-bond acceptors (Lipinski definition) is 3. The highest BCUT2D eigenvalue weighted by molar-refractivity contribution is 7.91. The number of rotatable bonds is 6. The number of sulfonamides is 1. The van der Waals surface area contributed by atoms with Crippen molar-refractivity contribution in [2.24, 2.45) is 0 Å². The van der Waals surface area contributed by atoms with Crippen molar-refractivity contribution in [2.75, 3.05) is 4.72 Å². The highest BCUT2D eigenvalue weighted by atomic mass is 35.5. The molecule has 0 bridgehead atoms. The van der Waals surface area contributed by atoms with Crippen molar-refractivity contribution in [1.82, 2.24) is 0 Å². The van der Waals surface area contributed by atoms with Crippen LogP contribution in [0.4, 0.5) is 5.69 Å². The number of anilines is 1. The topological polar surface area (TPSA) is 55.4 Å². The fourth-order valence-electron chi connectivity index (χ4n) is 2.82. The lowest BCUT2D eigenvalue weighted by atomic mass is 10.2. The van der Waals surface area contributed by atoms with Crippen LogP contribution in [-0.2, 0) is 15.8 Å². The molecule has 1 aliphatic rings. The van der Waals surface area contributed by atoms with Crippen LogP contribution < -0.4 is 9.46 Å². The molecule has 0 atom stereocenters. The molecule has 4 nitrogen and oxygen atoms in total. The third kappa shape index (κ3) is 4.89. The zero-order valence-electron chi connectivity index (χ0n) is 13.2. The van der Waals surface area contributed by atoms with Gasteiger partial charge in [-0.05, 0) is 67.6 Å². The van der Waals surface area contributed by atoms with Gasteiger partial charge in [-0.15, -0.1) is 0 Å². The van der Waals surface area contributed by atoms with E-state index in [0.717, 1.165) is 18.6 Å². The number of nitrogens with one attached hydrogen (secondary N) is 1. The average Bonchev–Trinajstić information content (AvgIpc) is 3.04. The minimum absolute atomic E-state index is 0.0928. The van der Waals surface area contributed by atoms with Crippen molar-refractivity contribution < 1.29 is 13.2 Å². The van der Waals surface area contributed by atoms with Gasteiger partial charge < -0.3 is 4.74 Å². The molecule has 24 heavy (non-hydrogen) atoms. The van der Waals surface area contributed by atoms with Crippen LogP contribution in [0.2, 0.25) is 5.02 Å². The van der Waals surface area contributed by atoms with Crippen LogP contribution in [0, 0.1) is 0 Å². The van der Waals surface area contributed by atoms with Gasteiger partial charge in [-0.1, -0.05) is 23.7 Å². The molecular weight excluding hydrogens is 346 g/mol. The van der Waals surface area contributed by atoms with Crippen LogP contribution in [-0.4, -0.2) is 14.5 Å². The number of hydrogen-bond donors (Lipinski definition) is 1. The number of halogens is 1. The van der Waals surface area contributed by atoms with E-state index >= 15 is 0 Å². The van der Waals surface area contributed by atoms with E-state index in [4.69, 9.17) is 16.3 Å². The van der Waals surface area contributed by atoms with Gasteiger partial charge in [0.25, 0.3) is 0 Å². The van der Waals surface area contributed by atoms with E-state index < -0.39 is 10.0 Å². The summed E-state index contributed by atoms with van der Waals surface area (Å²) in [4.78, 5) is 0. The van der Waals surface area contributed by atoms with E-state index in [1.807, 2.05) is 0 Å². The van der Waals surface area contributed by atoms with Gasteiger partial charge in [-0.25, -0.2) is 8.42 Å². The summed E-state index contributed by atoms with van der Waals surface area (Å²) in [6, 6.07) is 13.8. The first-order chi connectivity index (χ1) is 11.5. The Kier molecular flexibility index (Phi) is 5.31. The normalized spacial score (nSPS) is 15.4. The summed E-state index contributed by atoms with van der Waals surface area (Å²) in [6.45, 7) is 0. The summed E-state index contributed by atoms with van der Waals surface area (Å²) in [5.74, 6) is 0.687. The molecule has 6 heteroatoms. The maximum Gasteiger partial charge on any atom is 0.236 e. The summed E-state index contributed by atoms with van der Waals surface area (Å²) < 4.78 is 32.9. The fraction of sp³-hybridized carbons (Fsp3) is 0.333. The quantitative estimate of drug-likeness (QED) is 0.813. The van der Waals surface area contributed by atoms with E-state index in [1.165, 1.54) is 12.8 Å². The second-order valence-electron chi connectivity index (χ2n) is 6.04. The highest BCUT2D eigenvalue weighted by Crippen LogP contribution is 2.25. The first-order valence-electron chi connectivity index (χ1n) is 8.02. The molecule has 0 heterocycles. The van der Waals surface area contributed by atoms with E-state index in [0.29, 0.717) is 16.3 Å². The van der Waals surface area contributed by atoms with E-state index in [9.17, 15) is 8.42 Å². The molecule has 0 saturated heterocycles. The summed E-state index contributed by atoms with van der Waals surface area (Å²) in [5.41, 5.74) is 1.22. The SMILES string of the molecule is O=S(=O)(Cc1ccc(Cl)cc1)Nc1ccc(OC2CCCC2)cc1. The molecule has 1 fully saturated rings. The van der Waals surface area contributed by atoms with Gasteiger partial charge >= 0.3 is 0 Å². The van der Waals surface area contributed by atoms with Gasteiger partial charge in [0, 0.05) is 10.7 Å². The number of ether oxygens (including phenoxy) is 1. The molecule has 2 aromatic carbocycles. The highest BCUT2D eigenvalue weighted by Gasteiger charge is 2.16. The van der Waals surface area contributed by atoms with Crippen molar-refractivity contribution in [1.29, 1.82) is 0 Å². The second-order valence-corrected chi connectivity index (χ2v) is 8.20. The third-order valence-electron chi connectivity index (χ3n) is 4.00. The Bertz CT molecular complexity index is 767. The molecule has 1 aliphatic carbocycles. The van der Waals surface area contributed by atoms with Crippen LogP contribution in [0.3, 0.4) is 0 Å². The van der Waals surface area contributed by atoms with Crippen LogP contribution in [0.15, 0.2) is 48.5 Å². The Morgan fingerprint density at radius 2 is 1.62 bits per heavy atom. The monoisotopic (exact) mass is 365 g/mol. The minimum Gasteiger partial charge on any atom is -0.490 e. The number of benzene rings is 2.